The lowest BCUT2D eigenvalue weighted by molar-refractivity contribution is 0.410. The van der Waals surface area contributed by atoms with Gasteiger partial charge in [0.25, 0.3) is 0 Å². The predicted octanol–water partition coefficient (Wildman–Crippen LogP) is 4.67. The zero-order valence-electron chi connectivity index (χ0n) is 11.0. The number of aryl methyl sites for hydroxylation is 1. The lowest BCUT2D eigenvalue weighted by atomic mass is 10.00. The Morgan fingerprint density at radius 3 is 2.58 bits per heavy atom. The molecule has 0 aliphatic carbocycles. The molecule has 0 N–H and O–H groups in total. The highest BCUT2D eigenvalue weighted by Crippen LogP contribution is 2.30. The van der Waals surface area contributed by atoms with Crippen molar-refractivity contribution < 1.29 is 9.13 Å². The van der Waals surface area contributed by atoms with Crippen LogP contribution in [0.25, 0.3) is 0 Å². The van der Waals surface area contributed by atoms with Crippen LogP contribution in [0.2, 0.25) is 0 Å². The normalized spacial score (nSPS) is 12.2. The minimum atomic E-state index is -0.382. The van der Waals surface area contributed by atoms with Crippen LogP contribution < -0.4 is 4.74 Å². The second-order valence-electron chi connectivity index (χ2n) is 4.49. The number of hydrogen-bond acceptors (Lipinski definition) is 1. The van der Waals surface area contributed by atoms with Gasteiger partial charge in [0, 0.05) is 11.6 Å². The second kappa shape index (κ2) is 6.07. The van der Waals surface area contributed by atoms with Crippen LogP contribution in [0.15, 0.2) is 42.5 Å². The first-order valence-electron chi connectivity index (χ1n) is 6.14. The van der Waals surface area contributed by atoms with E-state index in [9.17, 15) is 4.39 Å². The van der Waals surface area contributed by atoms with Crippen molar-refractivity contribution in [1.82, 2.24) is 0 Å². The van der Waals surface area contributed by atoms with Gasteiger partial charge >= 0.3 is 0 Å². The molecular formula is C16H16ClFO. The van der Waals surface area contributed by atoms with Crippen molar-refractivity contribution in [1.29, 1.82) is 0 Å². The monoisotopic (exact) mass is 278 g/mol. The number of benzene rings is 2. The largest absolute Gasteiger partial charge is 0.497 e. The Kier molecular flexibility index (Phi) is 4.43. The van der Waals surface area contributed by atoms with Crippen molar-refractivity contribution >= 4 is 11.6 Å². The Morgan fingerprint density at radius 2 is 1.95 bits per heavy atom. The molecule has 0 radical (unpaired) electrons. The highest BCUT2D eigenvalue weighted by molar-refractivity contribution is 6.21. The maximum Gasteiger partial charge on any atom is 0.131 e. The first-order valence-corrected chi connectivity index (χ1v) is 6.57. The van der Waals surface area contributed by atoms with E-state index in [2.05, 4.69) is 0 Å². The summed E-state index contributed by atoms with van der Waals surface area (Å²) in [5, 5.41) is -0.382. The molecule has 1 nitrogen and oxygen atoms in total. The quantitative estimate of drug-likeness (QED) is 0.739. The van der Waals surface area contributed by atoms with E-state index >= 15 is 0 Å². The fraction of sp³-hybridized carbons (Fsp3) is 0.250. The molecule has 2 rings (SSSR count). The van der Waals surface area contributed by atoms with E-state index < -0.39 is 0 Å². The third-order valence-electron chi connectivity index (χ3n) is 3.21. The number of halogens is 2. The van der Waals surface area contributed by atoms with Crippen LogP contribution in [0, 0.1) is 12.7 Å². The molecule has 0 bridgehead atoms. The van der Waals surface area contributed by atoms with Crippen molar-refractivity contribution in [2.24, 2.45) is 0 Å². The topological polar surface area (TPSA) is 9.23 Å². The van der Waals surface area contributed by atoms with Gasteiger partial charge in [-0.1, -0.05) is 30.3 Å². The molecule has 0 spiro atoms. The fourth-order valence-electron chi connectivity index (χ4n) is 2.03. The van der Waals surface area contributed by atoms with Crippen LogP contribution in [0.4, 0.5) is 4.39 Å². The van der Waals surface area contributed by atoms with Crippen molar-refractivity contribution in [3.05, 3.63) is 65.0 Å². The molecule has 1 atom stereocenters. The van der Waals surface area contributed by atoms with Crippen LogP contribution in [0.1, 0.15) is 22.1 Å². The first-order chi connectivity index (χ1) is 9.11. The molecule has 2 aromatic carbocycles. The number of alkyl halides is 1. The number of ether oxygens (including phenoxy) is 1. The minimum absolute atomic E-state index is 0.326. The lowest BCUT2D eigenvalue weighted by Gasteiger charge is -2.13. The Hall–Kier alpha value is -1.54. The predicted molar refractivity (Wildman–Crippen MR) is 76.4 cm³/mol. The number of hydrogen-bond donors (Lipinski definition) is 0. The van der Waals surface area contributed by atoms with E-state index in [0.29, 0.717) is 17.7 Å². The Balaban J connectivity index is 2.21. The SMILES string of the molecule is COc1ccc(C(Cl)Cc2ccccc2C)c(F)c1. The van der Waals surface area contributed by atoms with E-state index in [0.717, 1.165) is 5.56 Å². The molecule has 3 heteroatoms. The van der Waals surface area contributed by atoms with Crippen molar-refractivity contribution in [2.75, 3.05) is 7.11 Å². The maximum absolute atomic E-state index is 13.9. The van der Waals surface area contributed by atoms with Gasteiger partial charge < -0.3 is 4.74 Å². The van der Waals surface area contributed by atoms with Crippen molar-refractivity contribution in [3.63, 3.8) is 0 Å². The summed E-state index contributed by atoms with van der Waals surface area (Å²) < 4.78 is 18.9. The summed E-state index contributed by atoms with van der Waals surface area (Å²) in [4.78, 5) is 0. The standard InChI is InChI=1S/C16H16ClFO/c1-11-5-3-4-6-12(11)9-15(17)14-8-7-13(19-2)10-16(14)18/h3-8,10,15H,9H2,1-2H3. The Morgan fingerprint density at radius 1 is 1.21 bits per heavy atom. The molecule has 0 fully saturated rings. The van der Waals surface area contributed by atoms with Crippen LogP contribution in [0.3, 0.4) is 0 Å². The molecule has 0 aliphatic heterocycles. The van der Waals surface area contributed by atoms with E-state index in [1.165, 1.54) is 18.7 Å². The first kappa shape index (κ1) is 13.9. The summed E-state index contributed by atoms with van der Waals surface area (Å²) in [5.41, 5.74) is 2.81. The average Bonchev–Trinajstić information content (AvgIpc) is 2.41. The van der Waals surface area contributed by atoms with Crippen LogP contribution in [-0.2, 0) is 6.42 Å². The fourth-order valence-corrected chi connectivity index (χ4v) is 2.37. The molecule has 1 unspecified atom stereocenters. The van der Waals surface area contributed by atoms with Gasteiger partial charge in [0.1, 0.15) is 11.6 Å². The maximum atomic E-state index is 13.9. The zero-order valence-corrected chi connectivity index (χ0v) is 11.7. The third-order valence-corrected chi connectivity index (χ3v) is 3.59. The highest BCUT2D eigenvalue weighted by atomic mass is 35.5. The van der Waals surface area contributed by atoms with E-state index in [1.54, 1.807) is 12.1 Å². The van der Waals surface area contributed by atoms with E-state index in [-0.39, 0.29) is 11.2 Å². The molecule has 0 heterocycles. The van der Waals surface area contributed by atoms with Gasteiger partial charge in [-0.05, 0) is 30.5 Å². The summed E-state index contributed by atoms with van der Waals surface area (Å²) >= 11 is 6.33. The van der Waals surface area contributed by atoms with Crippen molar-refractivity contribution in [3.8, 4) is 5.75 Å². The molecule has 0 amide bonds. The summed E-state index contributed by atoms with van der Waals surface area (Å²) in [6, 6.07) is 12.8. The lowest BCUT2D eigenvalue weighted by Crippen LogP contribution is -2.01. The van der Waals surface area contributed by atoms with Crippen molar-refractivity contribution in [2.45, 2.75) is 18.7 Å². The summed E-state index contributed by atoms with van der Waals surface area (Å²) in [6.07, 6.45) is 0.609. The van der Waals surface area contributed by atoms with Crippen LogP contribution in [0.5, 0.6) is 5.75 Å². The molecule has 2 aromatic rings. The third kappa shape index (κ3) is 3.27. The summed E-state index contributed by atoms with van der Waals surface area (Å²) in [5.74, 6) is 0.175. The Bertz CT molecular complexity index is 568. The molecule has 0 saturated carbocycles. The average molecular weight is 279 g/mol. The van der Waals surface area contributed by atoms with Gasteiger partial charge in [-0.2, -0.15) is 0 Å². The second-order valence-corrected chi connectivity index (χ2v) is 5.01. The number of rotatable bonds is 4. The van der Waals surface area contributed by atoms with Crippen LogP contribution >= 0.6 is 11.6 Å². The minimum Gasteiger partial charge on any atom is -0.497 e. The highest BCUT2D eigenvalue weighted by Gasteiger charge is 2.15. The van der Waals surface area contributed by atoms with Gasteiger partial charge in [-0.3, -0.25) is 0 Å². The molecule has 0 aliphatic rings. The van der Waals surface area contributed by atoms with Gasteiger partial charge in [-0.25, -0.2) is 4.39 Å². The molecule has 100 valence electrons. The molecular weight excluding hydrogens is 263 g/mol. The molecule has 19 heavy (non-hydrogen) atoms. The zero-order chi connectivity index (χ0) is 13.8. The van der Waals surface area contributed by atoms with Gasteiger partial charge in [-0.15, -0.1) is 11.6 Å². The summed E-state index contributed by atoms with van der Waals surface area (Å²) in [7, 11) is 1.51. The molecule has 0 aromatic heterocycles. The Labute approximate surface area is 118 Å². The summed E-state index contributed by atoms with van der Waals surface area (Å²) in [6.45, 7) is 2.03. The number of methoxy groups -OCH3 is 1. The van der Waals surface area contributed by atoms with E-state index in [4.69, 9.17) is 16.3 Å². The molecule has 0 saturated heterocycles. The smallest absolute Gasteiger partial charge is 0.131 e. The van der Waals surface area contributed by atoms with Crippen LogP contribution in [-0.4, -0.2) is 7.11 Å². The van der Waals surface area contributed by atoms with Gasteiger partial charge in [0.2, 0.25) is 0 Å². The van der Waals surface area contributed by atoms with Gasteiger partial charge in [0.15, 0.2) is 0 Å². The van der Waals surface area contributed by atoms with Gasteiger partial charge in [0.05, 0.1) is 12.5 Å². The van der Waals surface area contributed by atoms with E-state index in [1.807, 2.05) is 31.2 Å².